The summed E-state index contributed by atoms with van der Waals surface area (Å²) in [5, 5.41) is 6.43. The zero-order chi connectivity index (χ0) is 9.26. The molecule has 0 aromatic rings. The molecule has 0 aliphatic carbocycles. The molecule has 2 atom stereocenters. The molecule has 0 bridgehead atoms. The molecule has 0 spiro atoms. The van der Waals surface area contributed by atoms with Gasteiger partial charge in [-0.1, -0.05) is 0 Å². The van der Waals surface area contributed by atoms with E-state index in [-0.39, 0.29) is 6.04 Å². The topological polar surface area (TPSA) is 44.4 Å². The Hall–Kier alpha value is -0.610. The van der Waals surface area contributed by atoms with Gasteiger partial charge in [0.15, 0.2) is 0 Å². The molecule has 2 aliphatic heterocycles. The minimum absolute atomic E-state index is 0.112. The number of hydrogen-bond donors (Lipinski definition) is 2. The summed E-state index contributed by atoms with van der Waals surface area (Å²) in [5.41, 5.74) is 0. The Kier molecular flexibility index (Phi) is 2.51. The molecule has 0 radical (unpaired) electrons. The Morgan fingerprint density at radius 2 is 2.23 bits per heavy atom. The molecule has 0 saturated carbocycles. The average molecular weight is 183 g/mol. The van der Waals surface area contributed by atoms with Crippen molar-refractivity contribution >= 4 is 5.91 Å². The van der Waals surface area contributed by atoms with Gasteiger partial charge in [0.25, 0.3) is 0 Å². The fraction of sp³-hybridized carbons (Fsp3) is 0.889. The number of carbonyl (C=O) groups excluding carboxylic acids is 1. The van der Waals surface area contributed by atoms with E-state index in [1.165, 1.54) is 0 Å². The van der Waals surface area contributed by atoms with E-state index in [0.29, 0.717) is 11.9 Å². The van der Waals surface area contributed by atoms with Gasteiger partial charge in [-0.15, -0.1) is 0 Å². The van der Waals surface area contributed by atoms with Gasteiger partial charge in [-0.2, -0.15) is 0 Å². The van der Waals surface area contributed by atoms with Gasteiger partial charge >= 0.3 is 0 Å². The first-order chi connectivity index (χ1) is 6.29. The van der Waals surface area contributed by atoms with E-state index in [2.05, 4.69) is 17.6 Å². The maximum atomic E-state index is 11.8. The van der Waals surface area contributed by atoms with E-state index in [9.17, 15) is 4.79 Å². The van der Waals surface area contributed by atoms with E-state index < -0.39 is 0 Å². The molecule has 0 unspecified atom stereocenters. The summed E-state index contributed by atoms with van der Waals surface area (Å²) < 4.78 is 0. The van der Waals surface area contributed by atoms with Crippen molar-refractivity contribution in [3.8, 4) is 0 Å². The first-order valence-electron chi connectivity index (χ1n) is 5.03. The van der Waals surface area contributed by atoms with Crippen LogP contribution in [-0.4, -0.2) is 49.1 Å². The zero-order valence-corrected chi connectivity index (χ0v) is 8.05. The van der Waals surface area contributed by atoms with Crippen LogP contribution < -0.4 is 10.6 Å². The van der Waals surface area contributed by atoms with Gasteiger partial charge in [0, 0.05) is 25.7 Å². The number of hydrogen-bond acceptors (Lipinski definition) is 3. The molecule has 0 aromatic carbocycles. The number of carbonyl (C=O) groups is 1. The van der Waals surface area contributed by atoms with Crippen LogP contribution in [0.4, 0.5) is 0 Å². The first kappa shape index (κ1) is 8.97. The molecule has 2 N–H and O–H groups in total. The second-order valence-corrected chi connectivity index (χ2v) is 3.88. The quantitative estimate of drug-likeness (QED) is 0.557. The maximum Gasteiger partial charge on any atom is 0.240 e. The van der Waals surface area contributed by atoms with Gasteiger partial charge in [0.2, 0.25) is 5.91 Å². The van der Waals surface area contributed by atoms with Crippen LogP contribution in [0.3, 0.4) is 0 Å². The van der Waals surface area contributed by atoms with Crippen molar-refractivity contribution in [2.24, 2.45) is 0 Å². The third-order valence-corrected chi connectivity index (χ3v) is 2.91. The molecule has 2 heterocycles. The second kappa shape index (κ2) is 3.64. The van der Waals surface area contributed by atoms with Gasteiger partial charge in [-0.05, 0) is 19.9 Å². The molecular formula is C9H17N3O. The highest BCUT2D eigenvalue weighted by molar-refractivity contribution is 5.83. The highest BCUT2D eigenvalue weighted by Gasteiger charge is 2.32. The second-order valence-electron chi connectivity index (χ2n) is 3.88. The van der Waals surface area contributed by atoms with Crippen molar-refractivity contribution in [2.45, 2.75) is 25.4 Å². The number of rotatable bonds is 1. The van der Waals surface area contributed by atoms with Crippen molar-refractivity contribution in [1.82, 2.24) is 15.5 Å². The van der Waals surface area contributed by atoms with Gasteiger partial charge in [0.1, 0.15) is 0 Å². The summed E-state index contributed by atoms with van der Waals surface area (Å²) in [5.74, 6) is 0.292. The third kappa shape index (κ3) is 1.69. The van der Waals surface area contributed by atoms with Crippen LogP contribution in [0.15, 0.2) is 0 Å². The standard InChI is InChI=1S/C9H17N3O/c1-7-6-10-4-5-12(7)9(13)8-2-3-11-8/h7-8,10-11H,2-6H2,1H3/t7-,8+/m0/s1. The van der Waals surface area contributed by atoms with Crippen molar-refractivity contribution < 1.29 is 4.79 Å². The molecule has 2 rings (SSSR count). The van der Waals surface area contributed by atoms with E-state index in [0.717, 1.165) is 32.6 Å². The summed E-state index contributed by atoms with van der Waals surface area (Å²) in [6.45, 7) is 5.82. The summed E-state index contributed by atoms with van der Waals surface area (Å²) in [4.78, 5) is 13.8. The van der Waals surface area contributed by atoms with Crippen LogP contribution in [0.1, 0.15) is 13.3 Å². The van der Waals surface area contributed by atoms with Gasteiger partial charge in [0.05, 0.1) is 6.04 Å². The maximum absolute atomic E-state index is 11.8. The fourth-order valence-electron chi connectivity index (χ4n) is 1.87. The monoisotopic (exact) mass is 183 g/mol. The van der Waals surface area contributed by atoms with E-state index in [1.54, 1.807) is 0 Å². The number of piperazine rings is 1. The van der Waals surface area contributed by atoms with E-state index in [1.807, 2.05) is 4.90 Å². The first-order valence-corrected chi connectivity index (χ1v) is 5.03. The molecule has 1 amide bonds. The smallest absolute Gasteiger partial charge is 0.240 e. The third-order valence-electron chi connectivity index (χ3n) is 2.91. The molecule has 4 nitrogen and oxygen atoms in total. The lowest BCUT2D eigenvalue weighted by atomic mass is 10.0. The van der Waals surface area contributed by atoms with Crippen molar-refractivity contribution in [3.05, 3.63) is 0 Å². The summed E-state index contributed by atoms with van der Waals surface area (Å²) >= 11 is 0. The summed E-state index contributed by atoms with van der Waals surface area (Å²) in [6.07, 6.45) is 1.01. The van der Waals surface area contributed by atoms with Gasteiger partial charge in [-0.3, -0.25) is 4.79 Å². The summed E-state index contributed by atoms with van der Waals surface area (Å²) in [7, 11) is 0. The fourth-order valence-corrected chi connectivity index (χ4v) is 1.87. The Morgan fingerprint density at radius 1 is 1.46 bits per heavy atom. The molecule has 2 saturated heterocycles. The number of nitrogens with zero attached hydrogens (tertiary/aromatic N) is 1. The highest BCUT2D eigenvalue weighted by atomic mass is 16.2. The molecule has 74 valence electrons. The lowest BCUT2D eigenvalue weighted by Crippen LogP contribution is -2.60. The van der Waals surface area contributed by atoms with E-state index >= 15 is 0 Å². The lowest BCUT2D eigenvalue weighted by Gasteiger charge is -2.39. The lowest BCUT2D eigenvalue weighted by molar-refractivity contribution is -0.138. The summed E-state index contributed by atoms with van der Waals surface area (Å²) in [6, 6.07) is 0.462. The van der Waals surface area contributed by atoms with Crippen molar-refractivity contribution in [3.63, 3.8) is 0 Å². The largest absolute Gasteiger partial charge is 0.336 e. The van der Waals surface area contributed by atoms with Crippen molar-refractivity contribution in [1.29, 1.82) is 0 Å². The van der Waals surface area contributed by atoms with Crippen LogP contribution in [0.25, 0.3) is 0 Å². The molecule has 4 heteroatoms. The number of amides is 1. The molecule has 0 aromatic heterocycles. The Balaban J connectivity index is 1.93. The Bertz CT molecular complexity index is 203. The van der Waals surface area contributed by atoms with Gasteiger partial charge < -0.3 is 15.5 Å². The van der Waals surface area contributed by atoms with Crippen LogP contribution in [0, 0.1) is 0 Å². The normalized spacial score (nSPS) is 34.1. The van der Waals surface area contributed by atoms with Crippen LogP contribution in [0.2, 0.25) is 0 Å². The van der Waals surface area contributed by atoms with Crippen LogP contribution in [-0.2, 0) is 4.79 Å². The Morgan fingerprint density at radius 3 is 2.77 bits per heavy atom. The molecule has 13 heavy (non-hydrogen) atoms. The SMILES string of the molecule is C[C@H]1CNCCN1C(=O)[C@H]1CCN1. The van der Waals surface area contributed by atoms with E-state index in [4.69, 9.17) is 0 Å². The minimum atomic E-state index is 0.112. The average Bonchev–Trinajstić information content (AvgIpc) is 2.01. The van der Waals surface area contributed by atoms with Crippen molar-refractivity contribution in [2.75, 3.05) is 26.2 Å². The number of nitrogens with one attached hydrogen (secondary N) is 2. The molecule has 2 fully saturated rings. The highest BCUT2D eigenvalue weighted by Crippen LogP contribution is 2.10. The molecular weight excluding hydrogens is 166 g/mol. The Labute approximate surface area is 78.7 Å². The van der Waals surface area contributed by atoms with Crippen LogP contribution in [0.5, 0.6) is 0 Å². The zero-order valence-electron chi connectivity index (χ0n) is 8.05. The van der Waals surface area contributed by atoms with Gasteiger partial charge in [-0.25, -0.2) is 0 Å². The minimum Gasteiger partial charge on any atom is -0.336 e. The predicted octanol–water partition coefficient (Wildman–Crippen LogP) is -0.831. The predicted molar refractivity (Wildman–Crippen MR) is 50.5 cm³/mol. The van der Waals surface area contributed by atoms with Crippen LogP contribution >= 0.6 is 0 Å². The molecule has 2 aliphatic rings.